The molecule has 0 fully saturated rings. The summed E-state index contributed by atoms with van der Waals surface area (Å²) >= 11 is 0. The Morgan fingerprint density at radius 3 is 1.05 bits per heavy atom. The average molecular weight is 1030 g/mol. The molecule has 0 heterocycles. The van der Waals surface area contributed by atoms with Crippen LogP contribution in [-0.2, 0) is 14.3 Å². The van der Waals surface area contributed by atoms with Crippen LogP contribution in [0.15, 0.2) is 36.5 Å². The van der Waals surface area contributed by atoms with Gasteiger partial charge in [0.2, 0.25) is 5.91 Å². The lowest BCUT2D eigenvalue weighted by atomic mass is 10.0. The number of carbonyl (C=O) groups is 2. The first-order valence-electron chi connectivity index (χ1n) is 32.8. The third-order valence-corrected chi connectivity index (χ3v) is 15.2. The Bertz CT molecular complexity index is 1180. The number of amides is 1. The summed E-state index contributed by atoms with van der Waals surface area (Å²) in [6.45, 7) is 4.93. The van der Waals surface area contributed by atoms with E-state index in [2.05, 4.69) is 55.6 Å². The molecule has 0 aliphatic heterocycles. The van der Waals surface area contributed by atoms with Gasteiger partial charge in [0.15, 0.2) is 0 Å². The maximum Gasteiger partial charge on any atom is 0.305 e. The second-order valence-electron chi connectivity index (χ2n) is 22.5. The smallest absolute Gasteiger partial charge is 0.305 e. The number of nitrogens with one attached hydrogen (secondary N) is 1. The lowest BCUT2D eigenvalue weighted by Crippen LogP contribution is -2.45. The molecule has 0 saturated heterocycles. The zero-order chi connectivity index (χ0) is 52.9. The highest BCUT2D eigenvalue weighted by atomic mass is 16.5. The van der Waals surface area contributed by atoms with Crippen molar-refractivity contribution in [2.24, 2.45) is 0 Å². The van der Waals surface area contributed by atoms with E-state index >= 15 is 0 Å². The monoisotopic (exact) mass is 1030 g/mol. The van der Waals surface area contributed by atoms with E-state index in [1.54, 1.807) is 0 Å². The fraction of sp³-hybridized carbons (Fsp3) is 0.881. The molecule has 6 heteroatoms. The van der Waals surface area contributed by atoms with Gasteiger partial charge in [-0.25, -0.2) is 0 Å². The van der Waals surface area contributed by atoms with Gasteiger partial charge in [-0.1, -0.05) is 294 Å². The topological polar surface area (TPSA) is 95.9 Å². The predicted octanol–water partition coefficient (Wildman–Crippen LogP) is 20.8. The highest BCUT2D eigenvalue weighted by Gasteiger charge is 2.20. The van der Waals surface area contributed by atoms with Crippen molar-refractivity contribution in [3.8, 4) is 0 Å². The average Bonchev–Trinajstić information content (AvgIpc) is 3.39. The Kier molecular flexibility index (Phi) is 61.0. The minimum Gasteiger partial charge on any atom is -0.466 e. The van der Waals surface area contributed by atoms with Gasteiger partial charge in [0.25, 0.3) is 0 Å². The standard InChI is InChI=1S/C67H127NO5/c1-3-5-7-9-11-13-15-17-19-21-24-29-33-37-41-45-49-53-57-61-67(72)73-62-58-54-50-46-42-38-34-30-26-23-25-28-32-36-40-44-48-52-56-60-66(71)68-64(63-69)65(70)59-55-51-47-43-39-35-31-27-22-20-18-16-14-12-10-8-6-4-2/h17,19,30,34,38,42,64-65,69-70H,3-16,18,20-29,31-33,35-37,39-41,43-63H2,1-2H3,(H,68,71)/b19-17-,34-30-,42-38-. The number of aliphatic hydroxyl groups excluding tert-OH is 2. The molecule has 430 valence electrons. The van der Waals surface area contributed by atoms with E-state index in [9.17, 15) is 19.8 Å². The molecule has 0 radical (unpaired) electrons. The number of hydrogen-bond donors (Lipinski definition) is 3. The van der Waals surface area contributed by atoms with Crippen LogP contribution in [0.4, 0.5) is 0 Å². The Labute approximate surface area is 455 Å². The SMILES string of the molecule is CCCCCCCC/C=C\CCCCCCCCCCCC(=O)OCCCCC/C=C\C=C/CCCCCCCCCCCCC(=O)NC(CO)C(O)CCCCCCCCCCCCCCCCCCCC. The second-order valence-corrected chi connectivity index (χ2v) is 22.5. The number of esters is 1. The first-order valence-corrected chi connectivity index (χ1v) is 32.8. The largest absolute Gasteiger partial charge is 0.466 e. The molecule has 0 aromatic carbocycles. The van der Waals surface area contributed by atoms with Crippen molar-refractivity contribution in [3.63, 3.8) is 0 Å². The van der Waals surface area contributed by atoms with Gasteiger partial charge in [0, 0.05) is 12.8 Å². The van der Waals surface area contributed by atoms with Crippen molar-refractivity contribution < 1.29 is 24.5 Å². The Morgan fingerprint density at radius 1 is 0.384 bits per heavy atom. The molecular formula is C67H127NO5. The highest BCUT2D eigenvalue weighted by Crippen LogP contribution is 2.18. The third-order valence-electron chi connectivity index (χ3n) is 15.2. The van der Waals surface area contributed by atoms with Gasteiger partial charge in [0.05, 0.1) is 25.4 Å². The van der Waals surface area contributed by atoms with Gasteiger partial charge in [-0.05, 0) is 83.5 Å². The fourth-order valence-electron chi connectivity index (χ4n) is 10.2. The summed E-state index contributed by atoms with van der Waals surface area (Å²) in [6, 6.07) is -0.550. The van der Waals surface area contributed by atoms with Crippen LogP contribution in [0.5, 0.6) is 0 Å². The molecular weight excluding hydrogens is 899 g/mol. The fourth-order valence-corrected chi connectivity index (χ4v) is 10.2. The van der Waals surface area contributed by atoms with E-state index < -0.39 is 12.1 Å². The van der Waals surface area contributed by atoms with Gasteiger partial charge in [0.1, 0.15) is 0 Å². The summed E-state index contributed by atoms with van der Waals surface area (Å²) in [4.78, 5) is 24.6. The van der Waals surface area contributed by atoms with Gasteiger partial charge in [-0.3, -0.25) is 9.59 Å². The normalized spacial score (nSPS) is 12.8. The second kappa shape index (κ2) is 62.6. The zero-order valence-electron chi connectivity index (χ0n) is 49.1. The molecule has 0 aliphatic rings. The number of ether oxygens (including phenoxy) is 1. The number of rotatable bonds is 61. The van der Waals surface area contributed by atoms with Crippen molar-refractivity contribution in [3.05, 3.63) is 36.5 Å². The van der Waals surface area contributed by atoms with E-state index in [-0.39, 0.29) is 18.5 Å². The lowest BCUT2D eigenvalue weighted by Gasteiger charge is -2.22. The van der Waals surface area contributed by atoms with Gasteiger partial charge in [-0.2, -0.15) is 0 Å². The van der Waals surface area contributed by atoms with Crippen LogP contribution in [-0.4, -0.2) is 47.4 Å². The quantitative estimate of drug-likeness (QED) is 0.0244. The highest BCUT2D eigenvalue weighted by molar-refractivity contribution is 5.76. The lowest BCUT2D eigenvalue weighted by molar-refractivity contribution is -0.143. The number of unbranched alkanes of at least 4 members (excludes halogenated alkanes) is 45. The van der Waals surface area contributed by atoms with Crippen LogP contribution in [0.25, 0.3) is 0 Å². The summed E-state index contributed by atoms with van der Waals surface area (Å²) in [5.41, 5.74) is 0. The maximum atomic E-state index is 12.5. The summed E-state index contributed by atoms with van der Waals surface area (Å²) in [5, 5.41) is 23.3. The van der Waals surface area contributed by atoms with Crippen molar-refractivity contribution in [2.45, 2.75) is 366 Å². The molecule has 6 nitrogen and oxygen atoms in total. The molecule has 0 bridgehead atoms. The number of carbonyl (C=O) groups excluding carboxylic acids is 2. The molecule has 0 aliphatic carbocycles. The molecule has 1 amide bonds. The van der Waals surface area contributed by atoms with Crippen LogP contribution in [0.2, 0.25) is 0 Å². The molecule has 2 unspecified atom stereocenters. The van der Waals surface area contributed by atoms with Crippen LogP contribution in [0.1, 0.15) is 354 Å². The van der Waals surface area contributed by atoms with Crippen LogP contribution in [0, 0.1) is 0 Å². The Hall–Kier alpha value is -1.92. The number of aliphatic hydroxyl groups is 2. The molecule has 0 saturated carbocycles. The first kappa shape index (κ1) is 71.1. The van der Waals surface area contributed by atoms with E-state index in [1.807, 2.05) is 0 Å². The Morgan fingerprint density at radius 2 is 0.685 bits per heavy atom. The van der Waals surface area contributed by atoms with Crippen LogP contribution in [0.3, 0.4) is 0 Å². The van der Waals surface area contributed by atoms with Crippen LogP contribution < -0.4 is 5.32 Å². The summed E-state index contributed by atoms with van der Waals surface area (Å²) in [5.74, 6) is -0.0557. The van der Waals surface area contributed by atoms with Crippen molar-refractivity contribution >= 4 is 11.9 Å². The molecule has 0 aromatic rings. The summed E-state index contributed by atoms with van der Waals surface area (Å²) in [7, 11) is 0. The number of allylic oxidation sites excluding steroid dienone is 6. The van der Waals surface area contributed by atoms with Crippen molar-refractivity contribution in [1.82, 2.24) is 5.32 Å². The molecule has 2 atom stereocenters. The zero-order valence-corrected chi connectivity index (χ0v) is 49.1. The van der Waals surface area contributed by atoms with E-state index in [1.165, 1.54) is 250 Å². The van der Waals surface area contributed by atoms with Crippen molar-refractivity contribution in [2.75, 3.05) is 13.2 Å². The van der Waals surface area contributed by atoms with Gasteiger partial charge >= 0.3 is 5.97 Å². The molecule has 3 N–H and O–H groups in total. The molecule has 0 aromatic heterocycles. The summed E-state index contributed by atoms with van der Waals surface area (Å²) in [6.07, 6.45) is 78.7. The van der Waals surface area contributed by atoms with Crippen LogP contribution >= 0.6 is 0 Å². The van der Waals surface area contributed by atoms with Gasteiger partial charge < -0.3 is 20.3 Å². The van der Waals surface area contributed by atoms with E-state index in [0.717, 1.165) is 70.6 Å². The van der Waals surface area contributed by atoms with Crippen molar-refractivity contribution in [1.29, 1.82) is 0 Å². The third kappa shape index (κ3) is 59.2. The van der Waals surface area contributed by atoms with Gasteiger partial charge in [-0.15, -0.1) is 0 Å². The minimum absolute atomic E-state index is 0.0133. The Balaban J connectivity index is 3.46. The molecule has 73 heavy (non-hydrogen) atoms. The van der Waals surface area contributed by atoms with E-state index in [0.29, 0.717) is 25.9 Å². The molecule has 0 spiro atoms. The molecule has 0 rings (SSSR count). The number of hydrogen-bond acceptors (Lipinski definition) is 5. The first-order chi connectivity index (χ1) is 36.0. The maximum absolute atomic E-state index is 12.5. The summed E-state index contributed by atoms with van der Waals surface area (Å²) < 4.78 is 5.47. The minimum atomic E-state index is -0.672. The van der Waals surface area contributed by atoms with E-state index in [4.69, 9.17) is 4.74 Å². The predicted molar refractivity (Wildman–Crippen MR) is 319 cm³/mol.